The summed E-state index contributed by atoms with van der Waals surface area (Å²) in [5.74, 6) is -0.289. The summed E-state index contributed by atoms with van der Waals surface area (Å²) >= 11 is 0. The molecular weight excluding hydrogens is 665 g/mol. The lowest BCUT2D eigenvalue weighted by Gasteiger charge is -2.18. The maximum Gasteiger partial charge on any atom is 0.328 e. The third kappa shape index (κ3) is 39.1. The minimum Gasteiger partial charge on any atom is -0.464 e. The van der Waals surface area contributed by atoms with Crippen molar-refractivity contribution in [2.24, 2.45) is 4.99 Å². The number of rotatable bonds is 41. The van der Waals surface area contributed by atoms with Crippen LogP contribution in [0.1, 0.15) is 226 Å². The van der Waals surface area contributed by atoms with Crippen molar-refractivity contribution >= 4 is 24.0 Å². The molecule has 0 aromatic carbocycles. The zero-order valence-electron chi connectivity index (χ0n) is 34.7. The largest absolute Gasteiger partial charge is 0.464 e. The van der Waals surface area contributed by atoms with Crippen LogP contribution in [0.25, 0.3) is 0 Å². The van der Waals surface area contributed by atoms with E-state index in [4.69, 9.17) is 4.74 Å². The van der Waals surface area contributed by atoms with E-state index in [1.165, 1.54) is 128 Å². The van der Waals surface area contributed by atoms with Gasteiger partial charge >= 0.3 is 12.0 Å². The molecule has 3 N–H and O–H groups in total. The zero-order chi connectivity index (χ0) is 38.7. The van der Waals surface area contributed by atoms with Crippen LogP contribution in [0.3, 0.4) is 0 Å². The Morgan fingerprint density at radius 3 is 1.49 bits per heavy atom. The molecule has 0 fully saturated rings. The summed E-state index contributed by atoms with van der Waals surface area (Å²) in [7, 11) is 0. The molecule has 53 heavy (non-hydrogen) atoms. The van der Waals surface area contributed by atoms with Crippen molar-refractivity contribution in [1.82, 2.24) is 16.0 Å². The van der Waals surface area contributed by atoms with Gasteiger partial charge in [0.1, 0.15) is 6.04 Å². The quantitative estimate of drug-likeness (QED) is 0.0248. The maximum absolute atomic E-state index is 13.0. The Bertz CT molecular complexity index is 880. The predicted octanol–water partition coefficient (Wildman–Crippen LogP) is 11.6. The summed E-state index contributed by atoms with van der Waals surface area (Å²) in [5.41, 5.74) is 0. The molecule has 3 amide bonds. The van der Waals surface area contributed by atoms with Crippen LogP contribution in [0.15, 0.2) is 4.99 Å². The minimum atomic E-state index is -0.713. The van der Waals surface area contributed by atoms with Crippen molar-refractivity contribution in [3.63, 3.8) is 0 Å². The molecule has 0 aromatic rings. The summed E-state index contributed by atoms with van der Waals surface area (Å²) in [4.78, 5) is 51.6. The molecule has 0 saturated carbocycles. The van der Waals surface area contributed by atoms with Gasteiger partial charge in [-0.15, -0.1) is 0 Å². The number of ether oxygens (including phenoxy) is 1. The number of hydrogen-bond donors (Lipinski definition) is 3. The lowest BCUT2D eigenvalue weighted by atomic mass is 10.0. The monoisotopic (exact) mass is 749 g/mol. The Hall–Kier alpha value is -2.41. The van der Waals surface area contributed by atoms with E-state index in [9.17, 15) is 19.2 Å². The standard InChI is InChI=1S/C44H84N4O5/c1-3-5-7-9-11-13-14-15-16-17-18-19-21-23-27-33-39-53-43(51)41(48-44(52)47-38-31-26-25-30-36-45-40-49)34-29-32-37-46-42(50)35-28-24-22-20-12-10-8-6-4-2/h41H,3-39H2,1-2H3,(H,46,50)(H2,47,48,52)/t41-/m0/s1. The first-order chi connectivity index (χ1) is 26.0. The van der Waals surface area contributed by atoms with E-state index < -0.39 is 6.04 Å². The molecule has 0 spiro atoms. The number of carbonyl (C=O) groups is 3. The van der Waals surface area contributed by atoms with Gasteiger partial charge in [0.05, 0.1) is 13.2 Å². The van der Waals surface area contributed by atoms with Crippen LogP contribution in [-0.4, -0.2) is 56.3 Å². The number of unbranched alkanes of at least 4 members (excludes halogenated alkanes) is 27. The fourth-order valence-corrected chi connectivity index (χ4v) is 6.68. The van der Waals surface area contributed by atoms with Crippen LogP contribution in [-0.2, 0) is 19.1 Å². The SMILES string of the molecule is CCCCCCCCCCCCCCCCCCOC(=O)[C@H](CCCCNC(=O)CCCCCCCCCCC)NC(=O)NCCCCCCN=C=O. The number of isocyanates is 1. The number of amides is 3. The first kappa shape index (κ1) is 50.6. The van der Waals surface area contributed by atoms with Crippen molar-refractivity contribution in [3.05, 3.63) is 0 Å². The van der Waals surface area contributed by atoms with Gasteiger partial charge < -0.3 is 20.7 Å². The van der Waals surface area contributed by atoms with Gasteiger partial charge in [-0.2, -0.15) is 0 Å². The molecule has 0 aromatic heterocycles. The second kappa shape index (κ2) is 42.3. The molecule has 0 unspecified atom stereocenters. The Labute approximate surface area is 326 Å². The molecule has 0 saturated heterocycles. The lowest BCUT2D eigenvalue weighted by molar-refractivity contribution is -0.146. The maximum atomic E-state index is 13.0. The van der Waals surface area contributed by atoms with Crippen molar-refractivity contribution in [1.29, 1.82) is 0 Å². The average molecular weight is 749 g/mol. The number of aliphatic imine (C=N–C) groups is 1. The smallest absolute Gasteiger partial charge is 0.328 e. The highest BCUT2D eigenvalue weighted by atomic mass is 16.5. The van der Waals surface area contributed by atoms with E-state index >= 15 is 0 Å². The molecular formula is C44H84N4O5. The summed E-state index contributed by atoms with van der Waals surface area (Å²) in [6, 6.07) is -1.08. The van der Waals surface area contributed by atoms with Gasteiger partial charge in [-0.05, 0) is 44.9 Å². The highest BCUT2D eigenvalue weighted by molar-refractivity contribution is 5.83. The fourth-order valence-electron chi connectivity index (χ4n) is 6.68. The number of nitrogens with zero attached hydrogens (tertiary/aromatic N) is 1. The Morgan fingerprint density at radius 1 is 0.528 bits per heavy atom. The van der Waals surface area contributed by atoms with E-state index in [-0.39, 0.29) is 17.9 Å². The average Bonchev–Trinajstić information content (AvgIpc) is 3.15. The van der Waals surface area contributed by atoms with Crippen molar-refractivity contribution < 1.29 is 23.9 Å². The van der Waals surface area contributed by atoms with Crippen LogP contribution in [0.5, 0.6) is 0 Å². The second-order valence-corrected chi connectivity index (χ2v) is 15.2. The van der Waals surface area contributed by atoms with Gasteiger partial charge in [0, 0.05) is 19.5 Å². The molecule has 0 rings (SSSR count). The summed E-state index contributed by atoms with van der Waals surface area (Å²) in [6.45, 7) is 6.46. The lowest BCUT2D eigenvalue weighted by Crippen LogP contribution is -2.47. The summed E-state index contributed by atoms with van der Waals surface area (Å²) < 4.78 is 5.62. The van der Waals surface area contributed by atoms with Crippen molar-refractivity contribution in [3.8, 4) is 0 Å². The van der Waals surface area contributed by atoms with Gasteiger partial charge in [-0.1, -0.05) is 174 Å². The van der Waals surface area contributed by atoms with Gasteiger partial charge in [0.2, 0.25) is 12.0 Å². The third-order valence-electron chi connectivity index (χ3n) is 10.1. The number of urea groups is 1. The van der Waals surface area contributed by atoms with Crippen LogP contribution in [0, 0.1) is 0 Å². The van der Waals surface area contributed by atoms with Crippen LogP contribution in [0.4, 0.5) is 4.79 Å². The van der Waals surface area contributed by atoms with E-state index in [2.05, 4.69) is 34.8 Å². The molecule has 9 heteroatoms. The van der Waals surface area contributed by atoms with Gasteiger partial charge in [0.25, 0.3) is 0 Å². The molecule has 0 aliphatic carbocycles. The molecule has 0 radical (unpaired) electrons. The molecule has 0 aliphatic rings. The van der Waals surface area contributed by atoms with Crippen molar-refractivity contribution in [2.75, 3.05) is 26.2 Å². The van der Waals surface area contributed by atoms with Gasteiger partial charge in [-0.3, -0.25) is 4.79 Å². The van der Waals surface area contributed by atoms with Crippen molar-refractivity contribution in [2.45, 2.75) is 232 Å². The van der Waals surface area contributed by atoms with E-state index in [1.54, 1.807) is 6.08 Å². The Balaban J connectivity index is 4.24. The highest BCUT2D eigenvalue weighted by Crippen LogP contribution is 2.14. The second-order valence-electron chi connectivity index (χ2n) is 15.2. The number of hydrogen-bond acceptors (Lipinski definition) is 6. The number of carbonyl (C=O) groups excluding carboxylic acids is 4. The fraction of sp³-hybridized carbons (Fsp3) is 0.909. The van der Waals surface area contributed by atoms with E-state index in [0.717, 1.165) is 64.2 Å². The molecule has 0 heterocycles. The van der Waals surface area contributed by atoms with Gasteiger partial charge in [0.15, 0.2) is 0 Å². The van der Waals surface area contributed by atoms with E-state index in [1.807, 2.05) is 0 Å². The van der Waals surface area contributed by atoms with Crippen LogP contribution < -0.4 is 16.0 Å². The third-order valence-corrected chi connectivity index (χ3v) is 10.1. The van der Waals surface area contributed by atoms with Crippen LogP contribution >= 0.6 is 0 Å². The van der Waals surface area contributed by atoms with Crippen LogP contribution in [0.2, 0.25) is 0 Å². The molecule has 9 nitrogen and oxygen atoms in total. The summed E-state index contributed by atoms with van der Waals surface area (Å²) in [6.07, 6.45) is 39.3. The zero-order valence-corrected chi connectivity index (χ0v) is 34.7. The van der Waals surface area contributed by atoms with Gasteiger partial charge in [-0.25, -0.2) is 19.4 Å². The summed E-state index contributed by atoms with van der Waals surface area (Å²) in [5, 5.41) is 8.70. The van der Waals surface area contributed by atoms with E-state index in [0.29, 0.717) is 45.5 Å². The molecule has 0 bridgehead atoms. The Morgan fingerprint density at radius 2 is 0.962 bits per heavy atom. The first-order valence-corrected chi connectivity index (χ1v) is 22.6. The minimum absolute atomic E-state index is 0.0941. The highest BCUT2D eigenvalue weighted by Gasteiger charge is 2.22. The Kier molecular flexibility index (Phi) is 40.4. The normalized spacial score (nSPS) is 11.5. The number of esters is 1. The predicted molar refractivity (Wildman–Crippen MR) is 221 cm³/mol. The molecule has 1 atom stereocenters. The number of nitrogens with one attached hydrogen (secondary N) is 3. The first-order valence-electron chi connectivity index (χ1n) is 22.6. The topological polar surface area (TPSA) is 126 Å². The molecule has 0 aliphatic heterocycles. The molecule has 310 valence electrons.